The Morgan fingerprint density at radius 1 is 0.312 bits per heavy atom. The summed E-state index contributed by atoms with van der Waals surface area (Å²) >= 11 is 0. The van der Waals surface area contributed by atoms with Crippen LogP contribution in [0.5, 0.6) is 0 Å². The Balaban J connectivity index is 1.99. The first-order valence-electron chi connectivity index (χ1n) is 24.8. The molecule has 0 aliphatic heterocycles. The van der Waals surface area contributed by atoms with Gasteiger partial charge in [-0.3, -0.25) is 0 Å². The molecule has 0 saturated heterocycles. The predicted molar refractivity (Wildman–Crippen MR) is 256 cm³/mol. The van der Waals surface area contributed by atoms with E-state index in [0.29, 0.717) is 79.3 Å². The second kappa shape index (κ2) is 39.7. The molecule has 12 atom stereocenters. The van der Waals surface area contributed by atoms with Crippen LogP contribution in [-0.2, 0) is 63.3 Å². The van der Waals surface area contributed by atoms with Gasteiger partial charge in [-0.1, -0.05) is 62.4 Å². The van der Waals surface area contributed by atoms with Crippen LogP contribution in [0.15, 0.2) is 30.3 Å². The summed E-state index contributed by atoms with van der Waals surface area (Å²) in [7, 11) is 0. The van der Waals surface area contributed by atoms with Crippen molar-refractivity contribution >= 4 is 0 Å². The Bertz CT molecular complexity index is 1150. The maximum absolute atomic E-state index is 5.99. The SMILES string of the molecule is CC(N)COC(C)COC(C)COC(C)COC(C)COC(C)COC(C)COC(C)COC(C)COC(C)COC(C)COC(C)COCCCCCCCCCc1ccccc1. The normalized spacial score (nSPS) is 17.8. The number of aryl methyl sites for hydroxylation is 1. The quantitative estimate of drug-likeness (QED) is 0.0625. The number of unbranched alkanes of at least 4 members (excludes halogenated alkanes) is 6. The van der Waals surface area contributed by atoms with Gasteiger partial charge in [0.15, 0.2) is 0 Å². The second-order valence-corrected chi connectivity index (χ2v) is 18.3. The van der Waals surface area contributed by atoms with Crippen molar-refractivity contribution in [3.63, 3.8) is 0 Å². The van der Waals surface area contributed by atoms with Gasteiger partial charge in [0.1, 0.15) is 0 Å². The molecule has 378 valence electrons. The molecular weight excluding hydrogens is 819 g/mol. The molecule has 0 bridgehead atoms. The molecule has 1 aromatic carbocycles. The average molecular weight is 916 g/mol. The summed E-state index contributed by atoms with van der Waals surface area (Å²) in [6.45, 7) is 30.6. The van der Waals surface area contributed by atoms with Gasteiger partial charge < -0.3 is 62.6 Å². The van der Waals surface area contributed by atoms with Gasteiger partial charge in [-0.15, -0.1) is 0 Å². The third-order valence-corrected chi connectivity index (χ3v) is 10.2. The van der Waals surface area contributed by atoms with Gasteiger partial charge in [-0.2, -0.15) is 0 Å². The molecule has 0 heterocycles. The number of hydrogen-bond acceptors (Lipinski definition) is 13. The summed E-state index contributed by atoms with van der Waals surface area (Å²) in [6.07, 6.45) is 9.46. The summed E-state index contributed by atoms with van der Waals surface area (Å²) in [5.74, 6) is 0. The van der Waals surface area contributed by atoms with Gasteiger partial charge in [0, 0.05) is 12.6 Å². The molecule has 0 spiro atoms. The lowest BCUT2D eigenvalue weighted by Gasteiger charge is -2.23. The molecule has 64 heavy (non-hydrogen) atoms. The number of hydrogen-bond donors (Lipinski definition) is 1. The number of ether oxygens (including phenoxy) is 12. The van der Waals surface area contributed by atoms with Crippen LogP contribution >= 0.6 is 0 Å². The molecule has 0 amide bonds. The molecular formula is C51H97NO12. The van der Waals surface area contributed by atoms with E-state index in [-0.39, 0.29) is 73.2 Å². The van der Waals surface area contributed by atoms with Crippen molar-refractivity contribution in [2.45, 2.75) is 208 Å². The molecule has 13 nitrogen and oxygen atoms in total. The van der Waals surface area contributed by atoms with E-state index < -0.39 is 0 Å². The minimum absolute atomic E-state index is 0.0113. The Morgan fingerprint density at radius 2 is 0.562 bits per heavy atom. The van der Waals surface area contributed by atoms with Crippen molar-refractivity contribution in [2.75, 3.05) is 85.9 Å². The van der Waals surface area contributed by atoms with Crippen LogP contribution in [0.25, 0.3) is 0 Å². The van der Waals surface area contributed by atoms with Crippen molar-refractivity contribution < 1.29 is 56.8 Å². The van der Waals surface area contributed by atoms with Gasteiger partial charge in [0.2, 0.25) is 0 Å². The topological polar surface area (TPSA) is 137 Å². The minimum atomic E-state index is -0.0844. The number of nitrogens with two attached hydrogens (primary N) is 1. The molecule has 12 unspecified atom stereocenters. The van der Waals surface area contributed by atoms with Gasteiger partial charge in [-0.25, -0.2) is 0 Å². The van der Waals surface area contributed by atoms with E-state index in [4.69, 9.17) is 62.6 Å². The summed E-state index contributed by atoms with van der Waals surface area (Å²) < 4.78 is 71.1. The standard InChI is InChI=1S/C51H97NO12/c1-39(52)27-54-41(3)29-56-43(5)31-58-45(7)33-60-47(9)35-62-49(11)37-64-50(12)38-63-48(10)36-61-46(8)34-59-44(6)32-57-42(4)30-55-40(2)28-53-26-22-17-15-13-14-16-19-23-51-24-20-18-21-25-51/h18,20-21,24-25,39-50H,13-17,19,22-23,26-38,52H2,1-12H3. The average Bonchev–Trinajstić information content (AvgIpc) is 3.28. The minimum Gasteiger partial charge on any atom is -0.379 e. The highest BCUT2D eigenvalue weighted by Crippen LogP contribution is 2.12. The van der Waals surface area contributed by atoms with Crippen molar-refractivity contribution in [2.24, 2.45) is 5.73 Å². The Labute approximate surface area is 391 Å². The molecule has 0 aromatic heterocycles. The lowest BCUT2D eigenvalue weighted by Crippen LogP contribution is -2.31. The van der Waals surface area contributed by atoms with Crippen LogP contribution in [0.3, 0.4) is 0 Å². The fourth-order valence-corrected chi connectivity index (χ4v) is 6.15. The van der Waals surface area contributed by atoms with Crippen molar-refractivity contribution in [1.29, 1.82) is 0 Å². The summed E-state index contributed by atoms with van der Waals surface area (Å²) in [6, 6.07) is 10.8. The first kappa shape index (κ1) is 60.7. The van der Waals surface area contributed by atoms with E-state index >= 15 is 0 Å². The molecule has 0 radical (unpaired) electrons. The van der Waals surface area contributed by atoms with Gasteiger partial charge >= 0.3 is 0 Å². The van der Waals surface area contributed by atoms with E-state index in [0.717, 1.165) is 13.0 Å². The zero-order valence-electron chi connectivity index (χ0n) is 42.6. The molecule has 13 heteroatoms. The lowest BCUT2D eigenvalue weighted by molar-refractivity contribution is -0.113. The van der Waals surface area contributed by atoms with Crippen molar-refractivity contribution in [3.05, 3.63) is 35.9 Å². The molecule has 0 fully saturated rings. The summed E-state index contributed by atoms with van der Waals surface area (Å²) in [5, 5.41) is 0. The van der Waals surface area contributed by atoms with E-state index in [2.05, 4.69) is 37.3 Å². The van der Waals surface area contributed by atoms with Crippen LogP contribution in [0.1, 0.15) is 134 Å². The Hall–Kier alpha value is -1.30. The van der Waals surface area contributed by atoms with Crippen LogP contribution in [0.2, 0.25) is 0 Å². The smallest absolute Gasteiger partial charge is 0.0781 e. The maximum Gasteiger partial charge on any atom is 0.0781 e. The highest BCUT2D eigenvalue weighted by atomic mass is 16.6. The van der Waals surface area contributed by atoms with Gasteiger partial charge in [-0.05, 0) is 108 Å². The van der Waals surface area contributed by atoms with Crippen LogP contribution in [-0.4, -0.2) is 159 Å². The summed E-state index contributed by atoms with van der Waals surface area (Å²) in [4.78, 5) is 0. The summed E-state index contributed by atoms with van der Waals surface area (Å²) in [5.41, 5.74) is 7.19. The monoisotopic (exact) mass is 916 g/mol. The van der Waals surface area contributed by atoms with E-state index in [1.54, 1.807) is 0 Å². The Kier molecular flexibility index (Phi) is 37.6. The first-order valence-corrected chi connectivity index (χ1v) is 24.8. The third-order valence-electron chi connectivity index (χ3n) is 10.2. The fourth-order valence-electron chi connectivity index (χ4n) is 6.15. The fraction of sp³-hybridized carbons (Fsp3) is 0.882. The van der Waals surface area contributed by atoms with Crippen LogP contribution in [0.4, 0.5) is 0 Å². The van der Waals surface area contributed by atoms with Crippen molar-refractivity contribution in [3.8, 4) is 0 Å². The largest absolute Gasteiger partial charge is 0.379 e. The molecule has 0 aliphatic rings. The highest BCUT2D eigenvalue weighted by molar-refractivity contribution is 5.14. The van der Waals surface area contributed by atoms with E-state index in [9.17, 15) is 0 Å². The zero-order chi connectivity index (χ0) is 47.4. The van der Waals surface area contributed by atoms with E-state index in [1.807, 2.05) is 76.2 Å². The third kappa shape index (κ3) is 37.8. The molecule has 2 N–H and O–H groups in total. The number of benzene rings is 1. The molecule has 1 rings (SSSR count). The number of rotatable bonds is 45. The maximum atomic E-state index is 5.99. The lowest BCUT2D eigenvalue weighted by atomic mass is 10.0. The zero-order valence-corrected chi connectivity index (χ0v) is 42.6. The second-order valence-electron chi connectivity index (χ2n) is 18.3. The Morgan fingerprint density at radius 3 is 0.859 bits per heavy atom. The first-order chi connectivity index (χ1) is 30.6. The predicted octanol–water partition coefficient (Wildman–Crippen LogP) is 8.78. The highest BCUT2D eigenvalue weighted by Gasteiger charge is 2.16. The van der Waals surface area contributed by atoms with E-state index in [1.165, 1.54) is 50.5 Å². The van der Waals surface area contributed by atoms with Crippen LogP contribution < -0.4 is 5.73 Å². The van der Waals surface area contributed by atoms with Gasteiger partial charge in [0.25, 0.3) is 0 Å². The molecule has 0 aliphatic carbocycles. The molecule has 0 saturated carbocycles. The molecule has 1 aromatic rings. The van der Waals surface area contributed by atoms with Crippen LogP contribution in [0, 0.1) is 0 Å². The van der Waals surface area contributed by atoms with Gasteiger partial charge in [0.05, 0.1) is 146 Å². The van der Waals surface area contributed by atoms with Crippen molar-refractivity contribution in [1.82, 2.24) is 0 Å².